The predicted octanol–water partition coefficient (Wildman–Crippen LogP) is 3.86. The Hall–Kier alpha value is -0.580. The lowest BCUT2D eigenvalue weighted by Crippen LogP contribution is -2.36. The molecule has 0 spiro atoms. The van der Waals surface area contributed by atoms with E-state index in [9.17, 15) is 8.42 Å². The van der Waals surface area contributed by atoms with Gasteiger partial charge in [0.05, 0.1) is 18.0 Å². The number of benzene rings is 1. The van der Waals surface area contributed by atoms with E-state index >= 15 is 0 Å². The second-order valence-electron chi connectivity index (χ2n) is 5.51. The van der Waals surface area contributed by atoms with Crippen LogP contribution in [0.4, 0.5) is 0 Å². The van der Waals surface area contributed by atoms with Crippen molar-refractivity contribution in [3.63, 3.8) is 0 Å². The summed E-state index contributed by atoms with van der Waals surface area (Å²) in [5.74, 6) is -0.0106. The first-order chi connectivity index (χ1) is 9.49. The molecule has 0 saturated heterocycles. The molecule has 0 aliphatic heterocycles. The van der Waals surface area contributed by atoms with Crippen LogP contribution < -0.4 is 0 Å². The number of hydrogen-bond acceptors (Lipinski definition) is 3. The lowest BCUT2D eigenvalue weighted by Gasteiger charge is -2.37. The second kappa shape index (κ2) is 6.92. The van der Waals surface area contributed by atoms with Gasteiger partial charge in [-0.05, 0) is 24.8 Å². The molecule has 1 fully saturated rings. The van der Waals surface area contributed by atoms with Crippen LogP contribution in [-0.2, 0) is 20.4 Å². The molecule has 0 atom stereocenters. The van der Waals surface area contributed by atoms with Crippen molar-refractivity contribution in [1.29, 1.82) is 0 Å². The molecule has 5 heteroatoms. The highest BCUT2D eigenvalue weighted by Crippen LogP contribution is 2.36. The highest BCUT2D eigenvalue weighted by molar-refractivity contribution is 8.13. The summed E-state index contributed by atoms with van der Waals surface area (Å²) in [4.78, 5) is 0. The minimum absolute atomic E-state index is 0.0106. The van der Waals surface area contributed by atoms with Crippen LogP contribution in [0.2, 0.25) is 0 Å². The van der Waals surface area contributed by atoms with Crippen molar-refractivity contribution in [3.8, 4) is 0 Å². The molecule has 0 amide bonds. The van der Waals surface area contributed by atoms with E-state index in [0.29, 0.717) is 13.0 Å². The van der Waals surface area contributed by atoms with E-state index in [0.717, 1.165) is 31.2 Å². The monoisotopic (exact) mass is 316 g/mol. The molecule has 1 aliphatic rings. The Labute approximate surface area is 125 Å². The lowest BCUT2D eigenvalue weighted by atomic mass is 9.82. The van der Waals surface area contributed by atoms with Gasteiger partial charge in [0.25, 0.3) is 0 Å². The van der Waals surface area contributed by atoms with E-state index in [2.05, 4.69) is 0 Å². The first-order valence-electron chi connectivity index (χ1n) is 7.09. The zero-order valence-electron chi connectivity index (χ0n) is 11.6. The smallest absolute Gasteiger partial charge is 0.232 e. The summed E-state index contributed by atoms with van der Waals surface area (Å²) in [5.41, 5.74) is 0.793. The van der Waals surface area contributed by atoms with E-state index in [4.69, 9.17) is 15.4 Å². The van der Waals surface area contributed by atoms with Gasteiger partial charge in [-0.15, -0.1) is 0 Å². The first-order valence-corrected chi connectivity index (χ1v) is 9.57. The average molecular weight is 317 g/mol. The number of hydrogen-bond donors (Lipinski definition) is 0. The lowest BCUT2D eigenvalue weighted by molar-refractivity contribution is -0.0821. The summed E-state index contributed by atoms with van der Waals surface area (Å²) < 4.78 is 28.5. The predicted molar refractivity (Wildman–Crippen MR) is 81.3 cm³/mol. The van der Waals surface area contributed by atoms with Gasteiger partial charge in [-0.1, -0.05) is 49.6 Å². The number of rotatable bonds is 6. The van der Waals surface area contributed by atoms with Crippen LogP contribution >= 0.6 is 10.7 Å². The summed E-state index contributed by atoms with van der Waals surface area (Å²) >= 11 is 0. The molecule has 1 aromatic rings. The van der Waals surface area contributed by atoms with Gasteiger partial charge in [-0.2, -0.15) is 0 Å². The zero-order chi connectivity index (χ0) is 14.5. The maximum Gasteiger partial charge on any atom is 0.232 e. The standard InChI is InChI=1S/C15H21ClO3S/c16-20(17,18)12-11-15(9-5-2-6-10-15)19-13-14-7-3-1-4-8-14/h1,3-4,7-8H,2,5-6,9-13H2. The SMILES string of the molecule is O=S(=O)(Cl)CCC1(OCc2ccccc2)CCCCC1. The molecular formula is C15H21ClO3S. The Balaban J connectivity index is 1.99. The van der Waals surface area contributed by atoms with E-state index < -0.39 is 9.05 Å². The van der Waals surface area contributed by atoms with Gasteiger partial charge in [0.2, 0.25) is 9.05 Å². The normalized spacial score (nSPS) is 18.9. The second-order valence-corrected chi connectivity index (χ2v) is 8.41. The third kappa shape index (κ3) is 5.08. The van der Waals surface area contributed by atoms with Crippen molar-refractivity contribution < 1.29 is 13.2 Å². The Morgan fingerprint density at radius 1 is 1.10 bits per heavy atom. The fourth-order valence-electron chi connectivity index (χ4n) is 2.78. The third-order valence-corrected chi connectivity index (χ3v) is 5.11. The average Bonchev–Trinajstić information content (AvgIpc) is 2.45. The highest BCUT2D eigenvalue weighted by atomic mass is 35.7. The maximum atomic E-state index is 11.2. The van der Waals surface area contributed by atoms with Crippen molar-refractivity contribution in [2.24, 2.45) is 0 Å². The summed E-state index contributed by atoms with van der Waals surface area (Å²) in [7, 11) is 1.90. The van der Waals surface area contributed by atoms with Crippen LogP contribution in [0.1, 0.15) is 44.1 Å². The molecule has 112 valence electrons. The maximum absolute atomic E-state index is 11.2. The van der Waals surface area contributed by atoms with E-state index in [1.807, 2.05) is 30.3 Å². The van der Waals surface area contributed by atoms with Crippen LogP contribution in [0.5, 0.6) is 0 Å². The highest BCUT2D eigenvalue weighted by Gasteiger charge is 2.34. The molecule has 1 aliphatic carbocycles. The van der Waals surface area contributed by atoms with Crippen molar-refractivity contribution in [1.82, 2.24) is 0 Å². The number of halogens is 1. The molecule has 3 nitrogen and oxygen atoms in total. The Morgan fingerprint density at radius 3 is 2.35 bits per heavy atom. The Morgan fingerprint density at radius 2 is 1.75 bits per heavy atom. The molecule has 1 aromatic carbocycles. The zero-order valence-corrected chi connectivity index (χ0v) is 13.1. The minimum Gasteiger partial charge on any atom is -0.370 e. The van der Waals surface area contributed by atoms with Crippen molar-refractivity contribution in [2.75, 3.05) is 5.75 Å². The minimum atomic E-state index is -3.45. The fourth-order valence-corrected chi connectivity index (χ4v) is 3.63. The molecule has 0 radical (unpaired) electrons. The van der Waals surface area contributed by atoms with Crippen LogP contribution in [0, 0.1) is 0 Å². The van der Waals surface area contributed by atoms with Gasteiger partial charge in [0, 0.05) is 10.7 Å². The van der Waals surface area contributed by atoms with Gasteiger partial charge >= 0.3 is 0 Å². The molecule has 0 bridgehead atoms. The quantitative estimate of drug-likeness (QED) is 0.748. The van der Waals surface area contributed by atoms with Crippen LogP contribution in [-0.4, -0.2) is 19.8 Å². The van der Waals surface area contributed by atoms with E-state index in [1.165, 1.54) is 6.42 Å². The van der Waals surface area contributed by atoms with Crippen molar-refractivity contribution >= 4 is 19.7 Å². The summed E-state index contributed by atoms with van der Waals surface area (Å²) in [6, 6.07) is 9.98. The van der Waals surface area contributed by atoms with Gasteiger partial charge in [0.1, 0.15) is 0 Å². The van der Waals surface area contributed by atoms with Crippen LogP contribution in [0.25, 0.3) is 0 Å². The largest absolute Gasteiger partial charge is 0.370 e. The van der Waals surface area contributed by atoms with Gasteiger partial charge in [-0.3, -0.25) is 0 Å². The molecule has 1 saturated carbocycles. The number of ether oxygens (including phenoxy) is 1. The van der Waals surface area contributed by atoms with Crippen molar-refractivity contribution in [3.05, 3.63) is 35.9 Å². The Kier molecular flexibility index (Phi) is 5.47. The molecule has 2 rings (SSSR count). The molecule has 0 aromatic heterocycles. The van der Waals surface area contributed by atoms with Gasteiger partial charge < -0.3 is 4.74 Å². The topological polar surface area (TPSA) is 43.4 Å². The van der Waals surface area contributed by atoms with Crippen molar-refractivity contribution in [2.45, 2.75) is 50.7 Å². The summed E-state index contributed by atoms with van der Waals surface area (Å²) in [5, 5.41) is 0. The molecule has 0 heterocycles. The summed E-state index contributed by atoms with van der Waals surface area (Å²) in [6.45, 7) is 0.531. The fraction of sp³-hybridized carbons (Fsp3) is 0.600. The van der Waals surface area contributed by atoms with Gasteiger partial charge in [-0.25, -0.2) is 8.42 Å². The third-order valence-electron chi connectivity index (χ3n) is 3.95. The molecule has 20 heavy (non-hydrogen) atoms. The van der Waals surface area contributed by atoms with E-state index in [1.54, 1.807) is 0 Å². The van der Waals surface area contributed by atoms with E-state index in [-0.39, 0.29) is 11.4 Å². The Bertz CT molecular complexity index is 507. The first kappa shape index (κ1) is 15.8. The molecule has 0 unspecified atom stereocenters. The summed E-state index contributed by atoms with van der Waals surface area (Å²) in [6.07, 6.45) is 5.72. The molecule has 0 N–H and O–H groups in total. The van der Waals surface area contributed by atoms with Crippen LogP contribution in [0.15, 0.2) is 30.3 Å². The van der Waals surface area contributed by atoms with Gasteiger partial charge in [0.15, 0.2) is 0 Å². The van der Waals surface area contributed by atoms with Crippen LogP contribution in [0.3, 0.4) is 0 Å². The molecular weight excluding hydrogens is 296 g/mol.